The molecular formula is C13H11Cl2N5. The third-order valence-electron chi connectivity index (χ3n) is 2.87. The molecule has 3 aromatic rings. The Hall–Kier alpha value is -1.82. The molecule has 20 heavy (non-hydrogen) atoms. The fraction of sp³-hybridized carbons (Fsp3) is 0.0769. The molecule has 2 heterocycles. The first-order chi connectivity index (χ1) is 9.70. The number of rotatable bonds is 3. The highest BCUT2D eigenvalue weighted by molar-refractivity contribution is 6.39. The number of pyridine rings is 1. The average Bonchev–Trinajstić information content (AvgIpc) is 2.83. The molecule has 0 saturated heterocycles. The van der Waals surface area contributed by atoms with Gasteiger partial charge in [0.25, 0.3) is 0 Å². The summed E-state index contributed by atoms with van der Waals surface area (Å²) in [5.74, 6) is 1.22. The van der Waals surface area contributed by atoms with E-state index in [4.69, 9.17) is 28.9 Å². The molecule has 4 N–H and O–H groups in total. The Morgan fingerprint density at radius 1 is 1.20 bits per heavy atom. The molecule has 0 bridgehead atoms. The number of aromatic nitrogens is 3. The van der Waals surface area contributed by atoms with Crippen molar-refractivity contribution in [2.45, 2.75) is 0 Å². The van der Waals surface area contributed by atoms with Crippen molar-refractivity contribution >= 4 is 40.1 Å². The number of nitrogens with two attached hydrogens (primary N) is 1. The van der Waals surface area contributed by atoms with Crippen LogP contribution in [0.15, 0.2) is 30.5 Å². The minimum Gasteiger partial charge on any atom is -0.356 e. The van der Waals surface area contributed by atoms with Crippen molar-refractivity contribution in [3.63, 3.8) is 0 Å². The predicted molar refractivity (Wildman–Crippen MR) is 82.0 cm³/mol. The van der Waals surface area contributed by atoms with Crippen LogP contribution in [0.2, 0.25) is 10.0 Å². The van der Waals surface area contributed by atoms with Crippen LogP contribution in [0.3, 0.4) is 0 Å². The van der Waals surface area contributed by atoms with Crippen LogP contribution < -0.4 is 11.1 Å². The number of benzene rings is 1. The fourth-order valence-corrected chi connectivity index (χ4v) is 2.58. The van der Waals surface area contributed by atoms with Gasteiger partial charge in [0.2, 0.25) is 0 Å². The van der Waals surface area contributed by atoms with Crippen molar-refractivity contribution in [2.24, 2.45) is 5.73 Å². The number of fused-ring (bicyclic) bond motifs is 1. The lowest BCUT2D eigenvalue weighted by Crippen LogP contribution is -2.12. The Kier molecular flexibility index (Phi) is 3.48. The highest BCUT2D eigenvalue weighted by atomic mass is 35.5. The van der Waals surface area contributed by atoms with Gasteiger partial charge in [0, 0.05) is 6.20 Å². The van der Waals surface area contributed by atoms with E-state index in [1.807, 2.05) is 6.07 Å². The third kappa shape index (κ3) is 2.20. The standard InChI is InChI=1S/C13H11Cl2N5/c14-7-2-1-3-8(15)10(7)12-19-9-4-5-17-13(18-6-16)11(9)20-12/h1-5H,6,16H2,(H,17,18)(H,19,20). The number of nitrogens with one attached hydrogen (secondary N) is 2. The highest BCUT2D eigenvalue weighted by Gasteiger charge is 2.14. The van der Waals surface area contributed by atoms with Crippen LogP contribution in [0.25, 0.3) is 22.4 Å². The average molecular weight is 308 g/mol. The summed E-state index contributed by atoms with van der Waals surface area (Å²) in [6, 6.07) is 7.17. The van der Waals surface area contributed by atoms with Crippen LogP contribution in [0.5, 0.6) is 0 Å². The van der Waals surface area contributed by atoms with E-state index in [-0.39, 0.29) is 6.67 Å². The summed E-state index contributed by atoms with van der Waals surface area (Å²) in [5.41, 5.74) is 7.69. The minimum absolute atomic E-state index is 0.279. The molecule has 0 aliphatic rings. The summed E-state index contributed by atoms with van der Waals surface area (Å²) in [4.78, 5) is 11.9. The summed E-state index contributed by atoms with van der Waals surface area (Å²) in [6.45, 7) is 0.279. The van der Waals surface area contributed by atoms with Gasteiger partial charge >= 0.3 is 0 Å². The zero-order chi connectivity index (χ0) is 14.1. The molecule has 0 saturated carbocycles. The van der Waals surface area contributed by atoms with Gasteiger partial charge in [-0.1, -0.05) is 29.3 Å². The number of H-pyrrole nitrogens is 1. The highest BCUT2D eigenvalue weighted by Crippen LogP contribution is 2.34. The number of aromatic amines is 1. The molecule has 0 spiro atoms. The van der Waals surface area contributed by atoms with Crippen molar-refractivity contribution in [3.8, 4) is 11.4 Å². The maximum atomic E-state index is 6.20. The number of halogens is 2. The van der Waals surface area contributed by atoms with Crippen LogP contribution in [0.4, 0.5) is 5.82 Å². The zero-order valence-electron chi connectivity index (χ0n) is 10.3. The van der Waals surface area contributed by atoms with Crippen LogP contribution in [0.1, 0.15) is 0 Å². The topological polar surface area (TPSA) is 79.6 Å². The Bertz CT molecular complexity index is 748. The van der Waals surface area contributed by atoms with E-state index in [2.05, 4.69) is 20.3 Å². The SMILES string of the molecule is NCNc1nccc2[nH]c(-c3c(Cl)cccc3Cl)nc12. The Balaban J connectivity index is 2.21. The third-order valence-corrected chi connectivity index (χ3v) is 3.50. The van der Waals surface area contributed by atoms with Gasteiger partial charge in [0.15, 0.2) is 5.82 Å². The first-order valence-electron chi connectivity index (χ1n) is 5.93. The second-order valence-corrected chi connectivity index (χ2v) is 4.93. The molecule has 1 aromatic carbocycles. The molecule has 7 heteroatoms. The monoisotopic (exact) mass is 307 g/mol. The maximum Gasteiger partial charge on any atom is 0.155 e. The van der Waals surface area contributed by atoms with Crippen LogP contribution in [-0.4, -0.2) is 21.6 Å². The van der Waals surface area contributed by atoms with E-state index in [1.165, 1.54) is 0 Å². The molecule has 0 radical (unpaired) electrons. The van der Waals surface area contributed by atoms with Crippen molar-refractivity contribution in [2.75, 3.05) is 12.0 Å². The van der Waals surface area contributed by atoms with E-state index in [9.17, 15) is 0 Å². The van der Waals surface area contributed by atoms with Crippen LogP contribution in [-0.2, 0) is 0 Å². The van der Waals surface area contributed by atoms with Crippen LogP contribution >= 0.6 is 23.2 Å². The zero-order valence-corrected chi connectivity index (χ0v) is 11.8. The van der Waals surface area contributed by atoms with Crippen LogP contribution in [0, 0.1) is 0 Å². The normalized spacial score (nSPS) is 10.9. The molecule has 0 aliphatic carbocycles. The number of imidazole rings is 1. The molecule has 0 fully saturated rings. The quantitative estimate of drug-likeness (QED) is 0.649. The van der Waals surface area contributed by atoms with Gasteiger partial charge in [0.05, 0.1) is 27.8 Å². The van der Waals surface area contributed by atoms with E-state index in [0.29, 0.717) is 32.8 Å². The van der Waals surface area contributed by atoms with E-state index >= 15 is 0 Å². The summed E-state index contributed by atoms with van der Waals surface area (Å²) < 4.78 is 0. The lowest BCUT2D eigenvalue weighted by atomic mass is 10.2. The largest absolute Gasteiger partial charge is 0.356 e. The molecule has 5 nitrogen and oxygen atoms in total. The van der Waals surface area contributed by atoms with Crippen molar-refractivity contribution in [1.82, 2.24) is 15.0 Å². The van der Waals surface area contributed by atoms with Crippen molar-refractivity contribution < 1.29 is 0 Å². The number of hydrogen-bond donors (Lipinski definition) is 3. The Morgan fingerprint density at radius 3 is 2.65 bits per heavy atom. The fourth-order valence-electron chi connectivity index (χ4n) is 2.00. The Labute approximate surface area is 125 Å². The molecule has 3 rings (SSSR count). The first kappa shape index (κ1) is 13.2. The predicted octanol–water partition coefficient (Wildman–Crippen LogP) is 3.26. The lowest BCUT2D eigenvalue weighted by molar-refractivity contribution is 1.11. The molecule has 0 atom stereocenters. The minimum atomic E-state index is 0.279. The second kappa shape index (κ2) is 5.28. The van der Waals surface area contributed by atoms with Gasteiger partial charge < -0.3 is 16.0 Å². The van der Waals surface area contributed by atoms with Gasteiger partial charge in [-0.25, -0.2) is 9.97 Å². The summed E-state index contributed by atoms with van der Waals surface area (Å²) in [7, 11) is 0. The summed E-state index contributed by atoms with van der Waals surface area (Å²) in [6.07, 6.45) is 1.68. The van der Waals surface area contributed by atoms with Gasteiger partial charge in [-0.3, -0.25) is 0 Å². The van der Waals surface area contributed by atoms with Gasteiger partial charge in [-0.15, -0.1) is 0 Å². The smallest absolute Gasteiger partial charge is 0.155 e. The number of nitrogens with zero attached hydrogens (tertiary/aromatic N) is 2. The number of anilines is 1. The lowest BCUT2D eigenvalue weighted by Gasteiger charge is -2.02. The van der Waals surface area contributed by atoms with Gasteiger partial charge in [-0.2, -0.15) is 0 Å². The van der Waals surface area contributed by atoms with Crippen molar-refractivity contribution in [1.29, 1.82) is 0 Å². The van der Waals surface area contributed by atoms with E-state index in [1.54, 1.807) is 24.4 Å². The molecule has 0 amide bonds. The molecule has 102 valence electrons. The van der Waals surface area contributed by atoms with Gasteiger partial charge in [-0.05, 0) is 18.2 Å². The molecule has 2 aromatic heterocycles. The summed E-state index contributed by atoms with van der Waals surface area (Å²) >= 11 is 12.4. The summed E-state index contributed by atoms with van der Waals surface area (Å²) in [5, 5.41) is 4.04. The Morgan fingerprint density at radius 2 is 1.95 bits per heavy atom. The first-order valence-corrected chi connectivity index (χ1v) is 6.69. The van der Waals surface area contributed by atoms with E-state index < -0.39 is 0 Å². The van der Waals surface area contributed by atoms with Gasteiger partial charge in [0.1, 0.15) is 11.3 Å². The molecule has 0 aliphatic heterocycles. The second-order valence-electron chi connectivity index (χ2n) is 4.12. The molecular weight excluding hydrogens is 297 g/mol. The maximum absolute atomic E-state index is 6.20. The molecule has 0 unspecified atom stereocenters. The van der Waals surface area contributed by atoms with Crippen molar-refractivity contribution in [3.05, 3.63) is 40.5 Å². The number of hydrogen-bond acceptors (Lipinski definition) is 4. The van der Waals surface area contributed by atoms with E-state index in [0.717, 1.165) is 5.52 Å².